The Hall–Kier alpha value is -1.03. The highest BCUT2D eigenvalue weighted by Gasteiger charge is 2.17. The van der Waals surface area contributed by atoms with Gasteiger partial charge in [-0.25, -0.2) is 4.57 Å². The quantitative estimate of drug-likeness (QED) is 0.510. The van der Waals surface area contributed by atoms with Gasteiger partial charge in [-0.05, 0) is 12.1 Å². The zero-order valence-corrected chi connectivity index (χ0v) is 7.99. The fourth-order valence-corrected chi connectivity index (χ4v) is 1.40. The normalized spacial score (nSPS) is 14.9. The van der Waals surface area contributed by atoms with E-state index in [2.05, 4.69) is 9.61 Å². The standard InChI is InChI=1S/C7H11N2O3P/c1-12-13(10,11)9-7-5-3-2-4-6(7)8/h2-5H,8H2,1H3,(H2,9,10,11). The molecule has 0 aliphatic carbocycles. The molecular formula is C7H11N2O3P. The maximum absolute atomic E-state index is 11.1. The van der Waals surface area contributed by atoms with Crippen molar-refractivity contribution in [2.75, 3.05) is 17.9 Å². The maximum atomic E-state index is 11.1. The molecular weight excluding hydrogens is 191 g/mol. The van der Waals surface area contributed by atoms with Gasteiger partial charge in [-0.2, -0.15) is 0 Å². The Bertz CT molecular complexity index is 342. The lowest BCUT2D eigenvalue weighted by molar-refractivity contribution is 0.322. The van der Waals surface area contributed by atoms with Gasteiger partial charge in [-0.15, -0.1) is 0 Å². The Labute approximate surface area is 76.1 Å². The number of nitrogens with one attached hydrogen (secondary N) is 1. The van der Waals surface area contributed by atoms with E-state index in [9.17, 15) is 4.57 Å². The third kappa shape index (κ3) is 2.73. The molecule has 0 heterocycles. The molecule has 0 spiro atoms. The molecule has 5 nitrogen and oxygen atoms in total. The van der Waals surface area contributed by atoms with E-state index in [4.69, 9.17) is 10.6 Å². The van der Waals surface area contributed by atoms with Gasteiger partial charge in [0.15, 0.2) is 0 Å². The molecule has 72 valence electrons. The van der Waals surface area contributed by atoms with Crippen LogP contribution in [0.4, 0.5) is 11.4 Å². The number of anilines is 2. The van der Waals surface area contributed by atoms with Gasteiger partial charge < -0.3 is 10.6 Å². The predicted molar refractivity (Wildman–Crippen MR) is 51.3 cm³/mol. The summed E-state index contributed by atoms with van der Waals surface area (Å²) in [5, 5.41) is 2.30. The second-order valence-electron chi connectivity index (χ2n) is 2.40. The Morgan fingerprint density at radius 2 is 2.15 bits per heavy atom. The van der Waals surface area contributed by atoms with Gasteiger partial charge in [0.05, 0.1) is 11.4 Å². The van der Waals surface area contributed by atoms with Crippen molar-refractivity contribution in [3.63, 3.8) is 0 Å². The van der Waals surface area contributed by atoms with Gasteiger partial charge in [0, 0.05) is 7.11 Å². The largest absolute Gasteiger partial charge is 0.429 e. The van der Waals surface area contributed by atoms with Crippen molar-refractivity contribution in [1.82, 2.24) is 0 Å². The summed E-state index contributed by atoms with van der Waals surface area (Å²) in [4.78, 5) is 9.07. The number of rotatable bonds is 3. The molecule has 13 heavy (non-hydrogen) atoms. The molecule has 0 aromatic heterocycles. The molecule has 1 rings (SSSR count). The predicted octanol–water partition coefficient (Wildman–Crippen LogP) is 1.43. The summed E-state index contributed by atoms with van der Waals surface area (Å²) in [5.41, 5.74) is 6.31. The Morgan fingerprint density at radius 1 is 1.54 bits per heavy atom. The second-order valence-corrected chi connectivity index (χ2v) is 4.03. The van der Waals surface area contributed by atoms with Crippen molar-refractivity contribution in [1.29, 1.82) is 0 Å². The summed E-state index contributed by atoms with van der Waals surface area (Å²) >= 11 is 0. The van der Waals surface area contributed by atoms with Crippen LogP contribution >= 0.6 is 7.75 Å². The molecule has 1 unspecified atom stereocenters. The van der Waals surface area contributed by atoms with E-state index in [0.29, 0.717) is 11.4 Å². The van der Waals surface area contributed by atoms with Crippen LogP contribution < -0.4 is 10.8 Å². The van der Waals surface area contributed by atoms with E-state index in [1.807, 2.05) is 0 Å². The molecule has 0 fully saturated rings. The van der Waals surface area contributed by atoms with Crippen LogP contribution in [-0.2, 0) is 9.09 Å². The number of hydrogen-bond donors (Lipinski definition) is 3. The highest BCUT2D eigenvalue weighted by molar-refractivity contribution is 7.54. The molecule has 1 atom stereocenters. The maximum Gasteiger partial charge on any atom is 0.429 e. The molecule has 0 amide bonds. The minimum absolute atomic E-state index is 0.384. The summed E-state index contributed by atoms with van der Waals surface area (Å²) in [6, 6.07) is 6.65. The Morgan fingerprint density at radius 3 is 2.69 bits per heavy atom. The van der Waals surface area contributed by atoms with E-state index in [1.165, 1.54) is 0 Å². The monoisotopic (exact) mass is 202 g/mol. The van der Waals surface area contributed by atoms with Crippen LogP contribution in [-0.4, -0.2) is 12.0 Å². The third-order valence-electron chi connectivity index (χ3n) is 1.47. The lowest BCUT2D eigenvalue weighted by Gasteiger charge is -2.12. The van der Waals surface area contributed by atoms with Gasteiger partial charge in [-0.3, -0.25) is 9.61 Å². The van der Waals surface area contributed by atoms with Crippen LogP contribution in [0.25, 0.3) is 0 Å². The van der Waals surface area contributed by atoms with Crippen molar-refractivity contribution < 1.29 is 14.0 Å². The highest BCUT2D eigenvalue weighted by atomic mass is 31.2. The van der Waals surface area contributed by atoms with Crippen LogP contribution in [0.1, 0.15) is 0 Å². The van der Waals surface area contributed by atoms with Crippen LogP contribution in [0, 0.1) is 0 Å². The molecule has 0 saturated carbocycles. The average molecular weight is 202 g/mol. The Kier molecular flexibility index (Phi) is 2.93. The number of hydrogen-bond acceptors (Lipinski definition) is 3. The lowest BCUT2D eigenvalue weighted by Crippen LogP contribution is -2.00. The van der Waals surface area contributed by atoms with Crippen LogP contribution in [0.15, 0.2) is 24.3 Å². The van der Waals surface area contributed by atoms with Gasteiger partial charge in [-0.1, -0.05) is 12.1 Å². The van der Waals surface area contributed by atoms with Gasteiger partial charge in [0.1, 0.15) is 0 Å². The first-order valence-electron chi connectivity index (χ1n) is 3.56. The van der Waals surface area contributed by atoms with Crippen molar-refractivity contribution in [2.45, 2.75) is 0 Å². The molecule has 0 bridgehead atoms. The minimum Gasteiger partial charge on any atom is -0.397 e. The molecule has 4 N–H and O–H groups in total. The zero-order valence-electron chi connectivity index (χ0n) is 7.10. The summed E-state index contributed by atoms with van der Waals surface area (Å²) < 4.78 is 15.4. The molecule has 0 aliphatic heterocycles. The average Bonchev–Trinajstić information content (AvgIpc) is 2.09. The molecule has 0 radical (unpaired) electrons. The van der Waals surface area contributed by atoms with Crippen LogP contribution in [0.3, 0.4) is 0 Å². The van der Waals surface area contributed by atoms with E-state index in [-0.39, 0.29) is 0 Å². The zero-order chi connectivity index (χ0) is 9.90. The fraction of sp³-hybridized carbons (Fsp3) is 0.143. The highest BCUT2D eigenvalue weighted by Crippen LogP contribution is 2.42. The number of benzene rings is 1. The van der Waals surface area contributed by atoms with Gasteiger partial charge in [0.25, 0.3) is 0 Å². The molecule has 6 heteroatoms. The smallest absolute Gasteiger partial charge is 0.397 e. The first-order valence-corrected chi connectivity index (χ1v) is 5.14. The number of para-hydroxylation sites is 2. The number of nitrogen functional groups attached to an aromatic ring is 1. The van der Waals surface area contributed by atoms with Gasteiger partial charge >= 0.3 is 7.75 Å². The molecule has 1 aromatic rings. The summed E-state index contributed by atoms with van der Waals surface area (Å²) in [5.74, 6) is 0. The molecule has 1 aromatic carbocycles. The lowest BCUT2D eigenvalue weighted by atomic mass is 10.3. The minimum atomic E-state index is -3.75. The van der Waals surface area contributed by atoms with Crippen molar-refractivity contribution in [2.24, 2.45) is 0 Å². The molecule has 0 saturated heterocycles. The van der Waals surface area contributed by atoms with Crippen molar-refractivity contribution in [3.05, 3.63) is 24.3 Å². The summed E-state index contributed by atoms with van der Waals surface area (Å²) in [7, 11) is -2.61. The molecule has 0 aliphatic rings. The van der Waals surface area contributed by atoms with E-state index in [0.717, 1.165) is 7.11 Å². The topological polar surface area (TPSA) is 84.6 Å². The van der Waals surface area contributed by atoms with Crippen molar-refractivity contribution >= 4 is 19.1 Å². The van der Waals surface area contributed by atoms with E-state index >= 15 is 0 Å². The first-order chi connectivity index (χ1) is 6.05. The second kappa shape index (κ2) is 3.79. The Balaban J connectivity index is 2.86. The van der Waals surface area contributed by atoms with Crippen molar-refractivity contribution in [3.8, 4) is 0 Å². The van der Waals surface area contributed by atoms with E-state index < -0.39 is 7.75 Å². The van der Waals surface area contributed by atoms with Crippen LogP contribution in [0.2, 0.25) is 0 Å². The summed E-state index contributed by atoms with van der Waals surface area (Å²) in [6.45, 7) is 0. The third-order valence-corrected chi connectivity index (χ3v) is 2.49. The van der Waals surface area contributed by atoms with Gasteiger partial charge in [0.2, 0.25) is 0 Å². The SMILES string of the molecule is COP(=O)(O)Nc1ccccc1N. The van der Waals surface area contributed by atoms with Crippen LogP contribution in [0.5, 0.6) is 0 Å². The fourth-order valence-electron chi connectivity index (χ4n) is 0.797. The summed E-state index contributed by atoms with van der Waals surface area (Å²) in [6.07, 6.45) is 0. The first kappa shape index (κ1) is 10.1. The van der Waals surface area contributed by atoms with E-state index in [1.54, 1.807) is 24.3 Å². The number of nitrogens with two attached hydrogens (primary N) is 1.